The number of hydrogen-bond donors (Lipinski definition) is 1. The second kappa shape index (κ2) is 6.24. The predicted octanol–water partition coefficient (Wildman–Crippen LogP) is 4.01. The first-order valence-corrected chi connectivity index (χ1v) is 7.54. The maximum atomic E-state index is 14.0. The maximum absolute atomic E-state index is 14.0. The number of hydrogen-bond acceptors (Lipinski definition) is 2. The minimum absolute atomic E-state index is 0.0946. The third kappa shape index (κ3) is 2.90. The van der Waals surface area contributed by atoms with Gasteiger partial charge in [-0.3, -0.25) is 4.68 Å². The molecule has 2 aromatic rings. The molecule has 1 unspecified atom stereocenters. The lowest BCUT2D eigenvalue weighted by atomic mass is 10.0. The number of benzene rings is 1. The Morgan fingerprint density at radius 2 is 2.20 bits per heavy atom. The van der Waals surface area contributed by atoms with E-state index in [4.69, 9.17) is 17.3 Å². The standard InChI is InChI=1S/C14H16BrClFN3/c1-3-20-12(13(15)8(2)19-20)7-11(18)9-5-4-6-10(16)14(9)17/h4-6,11H,3,7,18H2,1-2H3. The van der Waals surface area contributed by atoms with E-state index in [-0.39, 0.29) is 5.02 Å². The first-order chi connectivity index (χ1) is 9.45. The van der Waals surface area contributed by atoms with Crippen molar-refractivity contribution in [3.05, 3.63) is 50.5 Å². The van der Waals surface area contributed by atoms with Crippen LogP contribution in [0.5, 0.6) is 0 Å². The zero-order valence-electron chi connectivity index (χ0n) is 11.3. The molecule has 6 heteroatoms. The Bertz CT molecular complexity index is 627. The SMILES string of the molecule is CCn1nc(C)c(Br)c1CC(N)c1cccc(Cl)c1F. The number of rotatable bonds is 4. The molecule has 0 amide bonds. The molecule has 0 spiro atoms. The van der Waals surface area contributed by atoms with Crippen molar-refractivity contribution in [1.29, 1.82) is 0 Å². The van der Waals surface area contributed by atoms with Crippen LogP contribution in [0.25, 0.3) is 0 Å². The summed E-state index contributed by atoms with van der Waals surface area (Å²) in [7, 11) is 0. The Morgan fingerprint density at radius 3 is 2.85 bits per heavy atom. The summed E-state index contributed by atoms with van der Waals surface area (Å²) >= 11 is 9.31. The van der Waals surface area contributed by atoms with Crippen LogP contribution in [0.2, 0.25) is 5.02 Å². The Kier molecular flexibility index (Phi) is 4.83. The molecular weight excluding hydrogens is 345 g/mol. The highest BCUT2D eigenvalue weighted by Gasteiger charge is 2.19. The van der Waals surface area contributed by atoms with E-state index >= 15 is 0 Å². The highest BCUT2D eigenvalue weighted by molar-refractivity contribution is 9.10. The van der Waals surface area contributed by atoms with Crippen LogP contribution in [0.1, 0.15) is 29.9 Å². The fraction of sp³-hybridized carbons (Fsp3) is 0.357. The van der Waals surface area contributed by atoms with Gasteiger partial charge in [0, 0.05) is 24.6 Å². The number of halogens is 3. The van der Waals surface area contributed by atoms with Crippen molar-refractivity contribution in [1.82, 2.24) is 9.78 Å². The van der Waals surface area contributed by atoms with Gasteiger partial charge in [-0.2, -0.15) is 5.10 Å². The molecular formula is C14H16BrClFN3. The van der Waals surface area contributed by atoms with Gasteiger partial charge < -0.3 is 5.73 Å². The molecule has 0 fully saturated rings. The fourth-order valence-electron chi connectivity index (χ4n) is 2.19. The van der Waals surface area contributed by atoms with E-state index in [1.807, 2.05) is 18.5 Å². The molecule has 108 valence electrons. The van der Waals surface area contributed by atoms with Gasteiger partial charge in [-0.1, -0.05) is 23.7 Å². The lowest BCUT2D eigenvalue weighted by Gasteiger charge is -2.15. The van der Waals surface area contributed by atoms with Crippen LogP contribution in [-0.4, -0.2) is 9.78 Å². The molecule has 2 rings (SSSR count). The smallest absolute Gasteiger partial charge is 0.146 e. The maximum Gasteiger partial charge on any atom is 0.146 e. The average Bonchev–Trinajstić information content (AvgIpc) is 2.69. The van der Waals surface area contributed by atoms with Crippen molar-refractivity contribution in [2.75, 3.05) is 0 Å². The summed E-state index contributed by atoms with van der Waals surface area (Å²) in [5.41, 5.74) is 8.43. The van der Waals surface area contributed by atoms with Crippen LogP contribution in [0, 0.1) is 12.7 Å². The molecule has 1 atom stereocenters. The summed E-state index contributed by atoms with van der Waals surface area (Å²) in [5.74, 6) is -0.447. The van der Waals surface area contributed by atoms with E-state index in [1.165, 1.54) is 6.07 Å². The minimum Gasteiger partial charge on any atom is -0.324 e. The van der Waals surface area contributed by atoms with E-state index in [2.05, 4.69) is 21.0 Å². The van der Waals surface area contributed by atoms with E-state index in [1.54, 1.807) is 12.1 Å². The molecule has 2 N–H and O–H groups in total. The van der Waals surface area contributed by atoms with Gasteiger partial charge in [0.2, 0.25) is 0 Å². The van der Waals surface area contributed by atoms with Gasteiger partial charge >= 0.3 is 0 Å². The predicted molar refractivity (Wildman–Crippen MR) is 82.4 cm³/mol. The van der Waals surface area contributed by atoms with E-state index < -0.39 is 11.9 Å². The summed E-state index contributed by atoms with van der Waals surface area (Å²) in [6.45, 7) is 4.67. The van der Waals surface area contributed by atoms with Crippen LogP contribution < -0.4 is 5.73 Å². The average molecular weight is 361 g/mol. The van der Waals surface area contributed by atoms with Gasteiger partial charge in [-0.05, 0) is 35.8 Å². The van der Waals surface area contributed by atoms with E-state index in [9.17, 15) is 4.39 Å². The Hall–Kier alpha value is -0.910. The zero-order valence-corrected chi connectivity index (χ0v) is 13.7. The molecule has 3 nitrogen and oxygen atoms in total. The topological polar surface area (TPSA) is 43.8 Å². The molecule has 0 radical (unpaired) electrons. The quantitative estimate of drug-likeness (QED) is 0.895. The normalized spacial score (nSPS) is 12.7. The molecule has 1 aromatic carbocycles. The third-order valence-electron chi connectivity index (χ3n) is 3.25. The van der Waals surface area contributed by atoms with Crippen molar-refractivity contribution in [2.45, 2.75) is 32.9 Å². The highest BCUT2D eigenvalue weighted by Crippen LogP contribution is 2.28. The summed E-state index contributed by atoms with van der Waals surface area (Å²) in [4.78, 5) is 0. The summed E-state index contributed by atoms with van der Waals surface area (Å²) < 4.78 is 16.8. The molecule has 0 bridgehead atoms. The molecule has 0 aliphatic carbocycles. The van der Waals surface area contributed by atoms with E-state index in [0.717, 1.165) is 22.4 Å². The van der Waals surface area contributed by atoms with Crippen LogP contribution in [0.4, 0.5) is 4.39 Å². The minimum atomic E-state index is -0.466. The molecule has 0 saturated heterocycles. The second-order valence-electron chi connectivity index (χ2n) is 4.62. The lowest BCUT2D eigenvalue weighted by molar-refractivity contribution is 0.555. The fourth-order valence-corrected chi connectivity index (χ4v) is 2.82. The Morgan fingerprint density at radius 1 is 1.50 bits per heavy atom. The van der Waals surface area contributed by atoms with Gasteiger partial charge in [-0.15, -0.1) is 0 Å². The zero-order chi connectivity index (χ0) is 14.9. The van der Waals surface area contributed by atoms with E-state index in [0.29, 0.717) is 12.0 Å². The largest absolute Gasteiger partial charge is 0.324 e. The van der Waals surface area contributed by atoms with Crippen molar-refractivity contribution < 1.29 is 4.39 Å². The monoisotopic (exact) mass is 359 g/mol. The summed E-state index contributed by atoms with van der Waals surface area (Å²) in [6.07, 6.45) is 0.493. The molecule has 0 aliphatic rings. The van der Waals surface area contributed by atoms with Crippen LogP contribution in [-0.2, 0) is 13.0 Å². The number of nitrogens with zero attached hydrogens (tertiary/aromatic N) is 2. The molecule has 0 aliphatic heterocycles. The molecule has 1 heterocycles. The number of aryl methyl sites for hydroxylation is 2. The van der Waals surface area contributed by atoms with Crippen LogP contribution in [0.15, 0.2) is 22.7 Å². The summed E-state index contributed by atoms with van der Waals surface area (Å²) in [6, 6.07) is 4.42. The lowest BCUT2D eigenvalue weighted by Crippen LogP contribution is -2.18. The Labute approximate surface area is 131 Å². The van der Waals surface area contributed by atoms with Crippen LogP contribution >= 0.6 is 27.5 Å². The highest BCUT2D eigenvalue weighted by atomic mass is 79.9. The third-order valence-corrected chi connectivity index (χ3v) is 4.57. The first kappa shape index (κ1) is 15.5. The number of aromatic nitrogens is 2. The van der Waals surface area contributed by atoms with Crippen molar-refractivity contribution in [2.24, 2.45) is 5.73 Å². The molecule has 1 aromatic heterocycles. The summed E-state index contributed by atoms with van der Waals surface area (Å²) in [5, 5.41) is 4.50. The van der Waals surface area contributed by atoms with Gasteiger partial charge in [0.15, 0.2) is 0 Å². The van der Waals surface area contributed by atoms with Crippen molar-refractivity contribution in [3.8, 4) is 0 Å². The molecule has 20 heavy (non-hydrogen) atoms. The van der Waals surface area contributed by atoms with Crippen LogP contribution in [0.3, 0.4) is 0 Å². The second-order valence-corrected chi connectivity index (χ2v) is 5.82. The van der Waals surface area contributed by atoms with Crippen molar-refractivity contribution >= 4 is 27.5 Å². The number of nitrogens with two attached hydrogens (primary N) is 1. The molecule has 0 saturated carbocycles. The van der Waals surface area contributed by atoms with Gasteiger partial charge in [0.1, 0.15) is 5.82 Å². The van der Waals surface area contributed by atoms with Crippen molar-refractivity contribution in [3.63, 3.8) is 0 Å². The van der Waals surface area contributed by atoms with Gasteiger partial charge in [0.25, 0.3) is 0 Å². The van der Waals surface area contributed by atoms with Gasteiger partial charge in [-0.25, -0.2) is 4.39 Å². The van der Waals surface area contributed by atoms with Gasteiger partial charge in [0.05, 0.1) is 20.9 Å². The Balaban J connectivity index is 2.32. The first-order valence-electron chi connectivity index (χ1n) is 6.37.